The highest BCUT2D eigenvalue weighted by molar-refractivity contribution is 5.84. The number of benzene rings is 1. The van der Waals surface area contributed by atoms with Crippen molar-refractivity contribution in [1.82, 2.24) is 15.2 Å². The van der Waals surface area contributed by atoms with Gasteiger partial charge in [-0.15, -0.1) is 0 Å². The Morgan fingerprint density at radius 2 is 2.12 bits per heavy atom. The van der Waals surface area contributed by atoms with E-state index in [4.69, 9.17) is 4.74 Å². The lowest BCUT2D eigenvalue weighted by atomic mass is 9.87. The van der Waals surface area contributed by atoms with E-state index >= 15 is 0 Å². The minimum Gasteiger partial charge on any atom is -0.373 e. The lowest BCUT2D eigenvalue weighted by Crippen LogP contribution is -2.46. The zero-order valence-corrected chi connectivity index (χ0v) is 13.8. The number of hydrogen-bond donors (Lipinski definition) is 1. The van der Waals surface area contributed by atoms with Crippen LogP contribution in [0.5, 0.6) is 0 Å². The number of carbonyl (C=O) groups is 1. The highest BCUT2D eigenvalue weighted by Crippen LogP contribution is 2.32. The summed E-state index contributed by atoms with van der Waals surface area (Å²) in [5, 5.41) is 5.37. The van der Waals surface area contributed by atoms with E-state index in [1.54, 1.807) is 0 Å². The van der Waals surface area contributed by atoms with Gasteiger partial charge in [0.05, 0.1) is 18.6 Å². The average Bonchev–Trinajstić information content (AvgIpc) is 2.79. The summed E-state index contributed by atoms with van der Waals surface area (Å²) in [5.41, 5.74) is 1.09. The zero-order chi connectivity index (χ0) is 16.4. The first kappa shape index (κ1) is 15.5. The molecule has 3 heterocycles. The molecule has 126 valence electrons. The molecule has 1 amide bonds. The summed E-state index contributed by atoms with van der Waals surface area (Å²) < 4.78 is 6.05. The van der Waals surface area contributed by atoms with Gasteiger partial charge in [0, 0.05) is 44.0 Å². The Bertz CT molecular complexity index is 733. The lowest BCUT2D eigenvalue weighted by Gasteiger charge is -2.40. The summed E-state index contributed by atoms with van der Waals surface area (Å²) in [6, 6.07) is 8.50. The molecular formula is C19H23N3O2. The monoisotopic (exact) mass is 325 g/mol. The summed E-state index contributed by atoms with van der Waals surface area (Å²) in [6.45, 7) is 4.13. The molecule has 2 aromatic rings. The Labute approximate surface area is 142 Å². The maximum absolute atomic E-state index is 11.9. The standard InChI is InChI=1S/C19H23N3O2/c23-18-12-19(24-11-8-21-18)5-9-22(10-6-19)14-16-3-1-2-15-13-20-7-4-17(15)16/h1-4,7,13H,5-6,8-12,14H2,(H,21,23). The topological polar surface area (TPSA) is 54.5 Å². The van der Waals surface area contributed by atoms with Crippen LogP contribution in [0.25, 0.3) is 10.8 Å². The third-order valence-corrected chi connectivity index (χ3v) is 5.25. The van der Waals surface area contributed by atoms with E-state index in [-0.39, 0.29) is 11.5 Å². The van der Waals surface area contributed by atoms with Crippen LogP contribution in [0, 0.1) is 0 Å². The predicted octanol–water partition coefficient (Wildman–Crippen LogP) is 2.11. The zero-order valence-electron chi connectivity index (χ0n) is 13.8. The van der Waals surface area contributed by atoms with Crippen molar-refractivity contribution in [3.63, 3.8) is 0 Å². The third kappa shape index (κ3) is 3.14. The van der Waals surface area contributed by atoms with Gasteiger partial charge in [0.25, 0.3) is 0 Å². The van der Waals surface area contributed by atoms with Crippen LogP contribution in [0.4, 0.5) is 0 Å². The van der Waals surface area contributed by atoms with Crippen molar-refractivity contribution in [2.24, 2.45) is 0 Å². The summed E-state index contributed by atoms with van der Waals surface area (Å²) in [7, 11) is 0. The summed E-state index contributed by atoms with van der Waals surface area (Å²) in [4.78, 5) is 18.5. The Hall–Kier alpha value is -1.98. The Morgan fingerprint density at radius 3 is 3.00 bits per heavy atom. The fraction of sp³-hybridized carbons (Fsp3) is 0.474. The molecule has 2 aliphatic heterocycles. The molecule has 1 N–H and O–H groups in total. The number of hydrogen-bond acceptors (Lipinski definition) is 4. The largest absolute Gasteiger partial charge is 0.373 e. The lowest BCUT2D eigenvalue weighted by molar-refractivity contribution is -0.128. The van der Waals surface area contributed by atoms with Crippen molar-refractivity contribution < 1.29 is 9.53 Å². The minimum atomic E-state index is -0.250. The Kier molecular flexibility index (Phi) is 4.21. The van der Waals surface area contributed by atoms with Crippen LogP contribution in [-0.4, -0.2) is 47.6 Å². The summed E-state index contributed by atoms with van der Waals surface area (Å²) in [6.07, 6.45) is 6.12. The first-order chi connectivity index (χ1) is 11.7. The third-order valence-electron chi connectivity index (χ3n) is 5.25. The van der Waals surface area contributed by atoms with Gasteiger partial charge in [0.1, 0.15) is 0 Å². The molecule has 0 atom stereocenters. The van der Waals surface area contributed by atoms with E-state index in [0.717, 1.165) is 32.5 Å². The minimum absolute atomic E-state index is 0.127. The van der Waals surface area contributed by atoms with E-state index in [1.807, 2.05) is 12.4 Å². The number of piperidine rings is 1. The van der Waals surface area contributed by atoms with Crippen molar-refractivity contribution in [1.29, 1.82) is 0 Å². The molecule has 24 heavy (non-hydrogen) atoms. The molecule has 5 nitrogen and oxygen atoms in total. The molecule has 0 saturated carbocycles. The van der Waals surface area contributed by atoms with Crippen molar-refractivity contribution >= 4 is 16.7 Å². The molecule has 1 aromatic heterocycles. The van der Waals surface area contributed by atoms with Gasteiger partial charge in [-0.05, 0) is 29.9 Å². The maximum Gasteiger partial charge on any atom is 0.222 e. The van der Waals surface area contributed by atoms with Crippen molar-refractivity contribution in [3.8, 4) is 0 Å². The molecule has 1 spiro atoms. The summed E-state index contributed by atoms with van der Waals surface area (Å²) >= 11 is 0. The van der Waals surface area contributed by atoms with Crippen molar-refractivity contribution in [2.45, 2.75) is 31.4 Å². The number of nitrogens with zero attached hydrogens (tertiary/aromatic N) is 2. The number of amides is 1. The summed E-state index contributed by atoms with van der Waals surface area (Å²) in [5.74, 6) is 0.127. The van der Waals surface area contributed by atoms with Crippen LogP contribution in [0.15, 0.2) is 36.7 Å². The smallest absolute Gasteiger partial charge is 0.222 e. The van der Waals surface area contributed by atoms with E-state index < -0.39 is 0 Å². The number of carbonyl (C=O) groups excluding carboxylic acids is 1. The van der Waals surface area contributed by atoms with Crippen LogP contribution >= 0.6 is 0 Å². The predicted molar refractivity (Wildman–Crippen MR) is 92.6 cm³/mol. The normalized spacial score (nSPS) is 21.6. The molecule has 5 heteroatoms. The number of aromatic nitrogens is 1. The molecule has 2 saturated heterocycles. The number of nitrogens with one attached hydrogen (secondary N) is 1. The van der Waals surface area contributed by atoms with Crippen molar-refractivity contribution in [3.05, 3.63) is 42.2 Å². The van der Waals surface area contributed by atoms with Gasteiger partial charge in [-0.2, -0.15) is 0 Å². The fourth-order valence-electron chi connectivity index (χ4n) is 3.87. The first-order valence-corrected chi connectivity index (χ1v) is 8.69. The Morgan fingerprint density at radius 1 is 1.25 bits per heavy atom. The van der Waals surface area contributed by atoms with Crippen LogP contribution in [-0.2, 0) is 16.1 Å². The van der Waals surface area contributed by atoms with Gasteiger partial charge >= 0.3 is 0 Å². The first-order valence-electron chi connectivity index (χ1n) is 8.69. The number of likely N-dealkylation sites (tertiary alicyclic amines) is 1. The number of fused-ring (bicyclic) bond motifs is 1. The molecule has 2 fully saturated rings. The number of ether oxygens (including phenoxy) is 1. The van der Waals surface area contributed by atoms with Gasteiger partial charge in [-0.1, -0.05) is 18.2 Å². The fourth-order valence-corrected chi connectivity index (χ4v) is 3.87. The van der Waals surface area contributed by atoms with Gasteiger partial charge in [0.2, 0.25) is 5.91 Å². The maximum atomic E-state index is 11.9. The van der Waals surface area contributed by atoms with Gasteiger partial charge in [-0.3, -0.25) is 14.7 Å². The highest BCUT2D eigenvalue weighted by Gasteiger charge is 2.38. The molecule has 4 rings (SSSR count). The van der Waals surface area contributed by atoms with E-state index in [2.05, 4.69) is 39.5 Å². The molecule has 1 aromatic carbocycles. The molecule has 0 aliphatic carbocycles. The van der Waals surface area contributed by atoms with E-state index in [1.165, 1.54) is 16.3 Å². The van der Waals surface area contributed by atoms with Gasteiger partial charge < -0.3 is 10.1 Å². The molecule has 0 unspecified atom stereocenters. The van der Waals surface area contributed by atoms with Crippen LogP contribution < -0.4 is 5.32 Å². The second-order valence-corrected chi connectivity index (χ2v) is 6.85. The highest BCUT2D eigenvalue weighted by atomic mass is 16.5. The number of rotatable bonds is 2. The quantitative estimate of drug-likeness (QED) is 0.919. The number of pyridine rings is 1. The van der Waals surface area contributed by atoms with Gasteiger partial charge in [0.15, 0.2) is 0 Å². The average molecular weight is 325 g/mol. The van der Waals surface area contributed by atoms with Crippen LogP contribution in [0.1, 0.15) is 24.8 Å². The molecule has 2 aliphatic rings. The Balaban J connectivity index is 1.45. The molecular weight excluding hydrogens is 302 g/mol. The van der Waals surface area contributed by atoms with Crippen LogP contribution in [0.3, 0.4) is 0 Å². The van der Waals surface area contributed by atoms with E-state index in [0.29, 0.717) is 19.6 Å². The van der Waals surface area contributed by atoms with Crippen molar-refractivity contribution in [2.75, 3.05) is 26.2 Å². The van der Waals surface area contributed by atoms with E-state index in [9.17, 15) is 4.79 Å². The second-order valence-electron chi connectivity index (χ2n) is 6.85. The molecule has 0 radical (unpaired) electrons. The van der Waals surface area contributed by atoms with Crippen LogP contribution in [0.2, 0.25) is 0 Å². The molecule has 0 bridgehead atoms. The van der Waals surface area contributed by atoms with Gasteiger partial charge in [-0.25, -0.2) is 0 Å². The SMILES string of the molecule is O=C1CC2(CCN(Cc3cccc4cnccc34)CC2)OCCN1. The second kappa shape index (κ2) is 6.49.